The number of para-hydroxylation sites is 1. The standard InChI is InChI=1S/C11H12FN3O/c1-16-11-9(6-4-7-10(11)12)5-2-3-8-14-15-13/h2,4-7H,3,8H2,1H3. The monoisotopic (exact) mass is 221 g/mol. The second kappa shape index (κ2) is 6.48. The van der Waals surface area contributed by atoms with E-state index in [9.17, 15) is 4.39 Å². The first kappa shape index (κ1) is 12.1. The Morgan fingerprint density at radius 3 is 3.06 bits per heavy atom. The third kappa shape index (κ3) is 3.29. The fourth-order valence-electron chi connectivity index (χ4n) is 1.26. The van der Waals surface area contributed by atoms with E-state index >= 15 is 0 Å². The van der Waals surface area contributed by atoms with Crippen molar-refractivity contribution in [1.29, 1.82) is 0 Å². The van der Waals surface area contributed by atoms with Gasteiger partial charge in [-0.15, -0.1) is 0 Å². The van der Waals surface area contributed by atoms with Crippen molar-refractivity contribution in [2.24, 2.45) is 5.11 Å². The van der Waals surface area contributed by atoms with Gasteiger partial charge in [-0.2, -0.15) is 0 Å². The summed E-state index contributed by atoms with van der Waals surface area (Å²) >= 11 is 0. The number of halogens is 1. The zero-order valence-electron chi connectivity index (χ0n) is 8.93. The largest absolute Gasteiger partial charge is 0.493 e. The average molecular weight is 221 g/mol. The first-order chi connectivity index (χ1) is 7.79. The fraction of sp³-hybridized carbons (Fsp3) is 0.273. The quantitative estimate of drug-likeness (QED) is 0.324. The van der Waals surface area contributed by atoms with Gasteiger partial charge in [0.05, 0.1) is 7.11 Å². The highest BCUT2D eigenvalue weighted by Gasteiger charge is 2.04. The number of hydrogen-bond donors (Lipinski definition) is 0. The van der Waals surface area contributed by atoms with E-state index in [2.05, 4.69) is 10.0 Å². The van der Waals surface area contributed by atoms with Crippen LogP contribution in [0, 0.1) is 5.82 Å². The van der Waals surface area contributed by atoms with Crippen molar-refractivity contribution in [3.8, 4) is 5.75 Å². The van der Waals surface area contributed by atoms with Crippen LogP contribution in [0.3, 0.4) is 0 Å². The van der Waals surface area contributed by atoms with Crippen LogP contribution in [0.5, 0.6) is 5.75 Å². The van der Waals surface area contributed by atoms with Gasteiger partial charge in [-0.25, -0.2) is 4.39 Å². The van der Waals surface area contributed by atoms with Gasteiger partial charge in [0.25, 0.3) is 0 Å². The van der Waals surface area contributed by atoms with Crippen LogP contribution < -0.4 is 4.74 Å². The minimum absolute atomic E-state index is 0.225. The highest BCUT2D eigenvalue weighted by molar-refractivity contribution is 5.57. The highest BCUT2D eigenvalue weighted by atomic mass is 19.1. The van der Waals surface area contributed by atoms with Crippen LogP contribution in [0.4, 0.5) is 4.39 Å². The molecule has 0 saturated heterocycles. The molecule has 0 aliphatic heterocycles. The van der Waals surface area contributed by atoms with Gasteiger partial charge in [0.15, 0.2) is 11.6 Å². The maximum atomic E-state index is 13.3. The fourth-order valence-corrected chi connectivity index (χ4v) is 1.26. The van der Waals surface area contributed by atoms with Crippen molar-refractivity contribution < 1.29 is 9.13 Å². The highest BCUT2D eigenvalue weighted by Crippen LogP contribution is 2.23. The molecule has 0 aliphatic rings. The van der Waals surface area contributed by atoms with E-state index in [1.807, 2.05) is 6.08 Å². The van der Waals surface area contributed by atoms with Gasteiger partial charge < -0.3 is 4.74 Å². The lowest BCUT2D eigenvalue weighted by Gasteiger charge is -2.04. The van der Waals surface area contributed by atoms with Crippen LogP contribution in [0.25, 0.3) is 16.5 Å². The molecule has 1 aromatic rings. The summed E-state index contributed by atoms with van der Waals surface area (Å²) in [5.74, 6) is -0.165. The molecule has 84 valence electrons. The SMILES string of the molecule is COc1c(F)cccc1C=CCCN=[N+]=[N-]. The predicted octanol–water partition coefficient (Wildman–Crippen LogP) is 3.55. The molecular formula is C11H12FN3O. The minimum atomic E-state index is -0.389. The molecule has 1 rings (SSSR count). The molecule has 0 unspecified atom stereocenters. The lowest BCUT2D eigenvalue weighted by atomic mass is 10.1. The first-order valence-electron chi connectivity index (χ1n) is 4.79. The van der Waals surface area contributed by atoms with E-state index in [-0.39, 0.29) is 11.6 Å². The van der Waals surface area contributed by atoms with Crippen LogP contribution in [0.1, 0.15) is 12.0 Å². The van der Waals surface area contributed by atoms with E-state index < -0.39 is 0 Å². The van der Waals surface area contributed by atoms with Gasteiger partial charge in [0, 0.05) is 17.0 Å². The Hall–Kier alpha value is -2.00. The van der Waals surface area contributed by atoms with E-state index in [0.717, 1.165) is 0 Å². The van der Waals surface area contributed by atoms with Gasteiger partial charge in [-0.05, 0) is 18.0 Å². The molecule has 0 aliphatic carbocycles. The van der Waals surface area contributed by atoms with Crippen molar-refractivity contribution in [2.75, 3.05) is 13.7 Å². The molecule has 16 heavy (non-hydrogen) atoms. The second-order valence-electron chi connectivity index (χ2n) is 3.01. The lowest BCUT2D eigenvalue weighted by Crippen LogP contribution is -1.90. The van der Waals surface area contributed by atoms with Crippen LogP contribution in [0.2, 0.25) is 0 Å². The lowest BCUT2D eigenvalue weighted by molar-refractivity contribution is 0.385. The Morgan fingerprint density at radius 1 is 1.56 bits per heavy atom. The molecule has 0 N–H and O–H groups in total. The molecule has 1 aromatic carbocycles. The minimum Gasteiger partial charge on any atom is -0.493 e. The number of benzene rings is 1. The molecular weight excluding hydrogens is 209 g/mol. The zero-order valence-corrected chi connectivity index (χ0v) is 8.93. The Balaban J connectivity index is 2.72. The second-order valence-corrected chi connectivity index (χ2v) is 3.01. The van der Waals surface area contributed by atoms with Gasteiger partial charge in [0.1, 0.15) is 0 Å². The van der Waals surface area contributed by atoms with Crippen molar-refractivity contribution in [2.45, 2.75) is 6.42 Å². The van der Waals surface area contributed by atoms with Crippen LogP contribution in [-0.4, -0.2) is 13.7 Å². The molecule has 0 amide bonds. The predicted molar refractivity (Wildman–Crippen MR) is 60.6 cm³/mol. The van der Waals surface area contributed by atoms with Gasteiger partial charge in [-0.3, -0.25) is 0 Å². The van der Waals surface area contributed by atoms with Crippen molar-refractivity contribution in [1.82, 2.24) is 0 Å². The molecule has 0 fully saturated rings. The molecule has 0 radical (unpaired) electrons. The van der Waals surface area contributed by atoms with Gasteiger partial charge in [-0.1, -0.05) is 29.4 Å². The van der Waals surface area contributed by atoms with Crippen molar-refractivity contribution in [3.63, 3.8) is 0 Å². The number of nitrogens with zero attached hydrogens (tertiary/aromatic N) is 3. The third-order valence-electron chi connectivity index (χ3n) is 1.96. The summed E-state index contributed by atoms with van der Waals surface area (Å²) in [6, 6.07) is 4.72. The van der Waals surface area contributed by atoms with E-state index in [1.54, 1.807) is 18.2 Å². The molecule has 0 heterocycles. The van der Waals surface area contributed by atoms with E-state index in [1.165, 1.54) is 13.2 Å². The molecule has 0 aromatic heterocycles. The molecule has 5 heteroatoms. The molecule has 0 bridgehead atoms. The summed E-state index contributed by atoms with van der Waals surface area (Å²) in [6.45, 7) is 0.393. The number of hydrogen-bond acceptors (Lipinski definition) is 2. The molecule has 4 nitrogen and oxygen atoms in total. The van der Waals surface area contributed by atoms with Crippen LogP contribution >= 0.6 is 0 Å². The Labute approximate surface area is 93.0 Å². The summed E-state index contributed by atoms with van der Waals surface area (Å²) in [7, 11) is 1.43. The summed E-state index contributed by atoms with van der Waals surface area (Å²) < 4.78 is 18.2. The van der Waals surface area contributed by atoms with Crippen molar-refractivity contribution in [3.05, 3.63) is 46.1 Å². The van der Waals surface area contributed by atoms with Gasteiger partial charge in [0.2, 0.25) is 0 Å². The van der Waals surface area contributed by atoms with E-state index in [4.69, 9.17) is 10.3 Å². The number of ether oxygens (including phenoxy) is 1. The normalized spacial score (nSPS) is 10.1. The zero-order chi connectivity index (χ0) is 11.8. The number of methoxy groups -OCH3 is 1. The Kier molecular flexibility index (Phi) is 4.89. The van der Waals surface area contributed by atoms with Crippen LogP contribution in [0.15, 0.2) is 29.4 Å². The van der Waals surface area contributed by atoms with Gasteiger partial charge >= 0.3 is 0 Å². The van der Waals surface area contributed by atoms with E-state index in [0.29, 0.717) is 18.5 Å². The van der Waals surface area contributed by atoms with Crippen LogP contribution in [-0.2, 0) is 0 Å². The van der Waals surface area contributed by atoms with Crippen molar-refractivity contribution >= 4 is 6.08 Å². The summed E-state index contributed by atoms with van der Waals surface area (Å²) in [5.41, 5.74) is 8.74. The molecule has 0 spiro atoms. The summed E-state index contributed by atoms with van der Waals surface area (Å²) in [6.07, 6.45) is 4.17. The maximum Gasteiger partial charge on any atom is 0.165 e. The smallest absolute Gasteiger partial charge is 0.165 e. The average Bonchev–Trinajstić information content (AvgIpc) is 2.29. The summed E-state index contributed by atoms with van der Waals surface area (Å²) in [4.78, 5) is 2.63. The Bertz CT molecular complexity index is 425. The molecule has 0 atom stereocenters. The first-order valence-corrected chi connectivity index (χ1v) is 4.79. The number of rotatable bonds is 5. The Morgan fingerprint density at radius 2 is 2.38 bits per heavy atom. The molecule has 0 saturated carbocycles. The number of azide groups is 1. The third-order valence-corrected chi connectivity index (χ3v) is 1.96. The summed E-state index contributed by atoms with van der Waals surface area (Å²) in [5, 5.41) is 3.39. The topological polar surface area (TPSA) is 58.0 Å². The maximum absolute atomic E-state index is 13.3.